The predicted molar refractivity (Wildman–Crippen MR) is 73.2 cm³/mol. The molecule has 0 aromatic carbocycles. The van der Waals surface area contributed by atoms with Crippen LogP contribution in [0.5, 0.6) is 0 Å². The summed E-state index contributed by atoms with van der Waals surface area (Å²) in [5.74, 6) is 0. The number of nitrogens with zero attached hydrogens (tertiary/aromatic N) is 3. The van der Waals surface area contributed by atoms with Crippen LogP contribution in [-0.2, 0) is 13.6 Å². The lowest BCUT2D eigenvalue weighted by atomic mass is 10.1. The average Bonchev–Trinajstić information content (AvgIpc) is 2.69. The number of aromatic nitrogens is 3. The Morgan fingerprint density at radius 1 is 1.33 bits per heavy atom. The van der Waals surface area contributed by atoms with Crippen LogP contribution in [0.1, 0.15) is 24.6 Å². The standard InChI is InChI=1S/C14H20N4/c1-4-5-15-7-12-6-13(9-16-8-12)14-10-18(3)17-11(14)2/h6,8-10,15H,4-5,7H2,1-3H3. The fourth-order valence-electron chi connectivity index (χ4n) is 2.02. The van der Waals surface area contributed by atoms with Crippen molar-refractivity contribution in [2.75, 3.05) is 6.54 Å². The molecule has 0 atom stereocenters. The lowest BCUT2D eigenvalue weighted by Crippen LogP contribution is -2.13. The van der Waals surface area contributed by atoms with Gasteiger partial charge in [0.2, 0.25) is 0 Å². The molecule has 4 heteroatoms. The minimum atomic E-state index is 0.869. The van der Waals surface area contributed by atoms with E-state index in [9.17, 15) is 0 Å². The first kappa shape index (κ1) is 12.8. The molecule has 2 rings (SSSR count). The zero-order chi connectivity index (χ0) is 13.0. The average molecular weight is 244 g/mol. The van der Waals surface area contributed by atoms with Crippen LogP contribution in [0.25, 0.3) is 11.1 Å². The first-order valence-corrected chi connectivity index (χ1v) is 6.36. The highest BCUT2D eigenvalue weighted by Crippen LogP contribution is 2.22. The predicted octanol–water partition coefficient (Wildman–Crippen LogP) is 2.29. The Balaban J connectivity index is 2.19. The van der Waals surface area contributed by atoms with Gasteiger partial charge in [-0.15, -0.1) is 0 Å². The molecule has 0 aliphatic rings. The van der Waals surface area contributed by atoms with E-state index in [0.29, 0.717) is 0 Å². The van der Waals surface area contributed by atoms with E-state index in [-0.39, 0.29) is 0 Å². The molecule has 4 nitrogen and oxygen atoms in total. The summed E-state index contributed by atoms with van der Waals surface area (Å²) in [6.07, 6.45) is 7.00. The topological polar surface area (TPSA) is 42.7 Å². The van der Waals surface area contributed by atoms with Crippen molar-refractivity contribution in [1.29, 1.82) is 0 Å². The van der Waals surface area contributed by atoms with Gasteiger partial charge in [0.1, 0.15) is 0 Å². The van der Waals surface area contributed by atoms with Gasteiger partial charge in [-0.3, -0.25) is 9.67 Å². The summed E-state index contributed by atoms with van der Waals surface area (Å²) in [5, 5.41) is 7.75. The van der Waals surface area contributed by atoms with E-state index < -0.39 is 0 Å². The molecule has 0 radical (unpaired) electrons. The maximum atomic E-state index is 4.37. The molecule has 0 saturated carbocycles. The van der Waals surface area contributed by atoms with E-state index in [1.165, 1.54) is 5.56 Å². The van der Waals surface area contributed by atoms with E-state index >= 15 is 0 Å². The Kier molecular flexibility index (Phi) is 4.10. The Hall–Kier alpha value is -1.68. The molecule has 0 amide bonds. The van der Waals surface area contributed by atoms with Crippen molar-refractivity contribution in [1.82, 2.24) is 20.1 Å². The van der Waals surface area contributed by atoms with Gasteiger partial charge in [-0.25, -0.2) is 0 Å². The van der Waals surface area contributed by atoms with Crippen LogP contribution in [0.2, 0.25) is 0 Å². The summed E-state index contributed by atoms with van der Waals surface area (Å²) in [6, 6.07) is 2.18. The number of hydrogen-bond acceptors (Lipinski definition) is 3. The molecule has 2 aromatic heterocycles. The highest BCUT2D eigenvalue weighted by molar-refractivity contribution is 5.64. The van der Waals surface area contributed by atoms with Crippen LogP contribution in [-0.4, -0.2) is 21.3 Å². The lowest BCUT2D eigenvalue weighted by molar-refractivity contribution is 0.674. The van der Waals surface area contributed by atoms with Crippen LogP contribution >= 0.6 is 0 Å². The zero-order valence-corrected chi connectivity index (χ0v) is 11.3. The monoisotopic (exact) mass is 244 g/mol. The Morgan fingerprint density at radius 3 is 2.83 bits per heavy atom. The molecule has 0 aliphatic carbocycles. The van der Waals surface area contributed by atoms with Crippen molar-refractivity contribution in [3.63, 3.8) is 0 Å². The van der Waals surface area contributed by atoms with Crippen molar-refractivity contribution in [3.8, 4) is 11.1 Å². The van der Waals surface area contributed by atoms with Gasteiger partial charge < -0.3 is 5.32 Å². The second kappa shape index (κ2) is 5.78. The van der Waals surface area contributed by atoms with Crippen LogP contribution in [0.4, 0.5) is 0 Å². The minimum Gasteiger partial charge on any atom is -0.313 e. The van der Waals surface area contributed by atoms with Gasteiger partial charge in [0.25, 0.3) is 0 Å². The molecule has 0 bridgehead atoms. The van der Waals surface area contributed by atoms with E-state index in [1.807, 2.05) is 37.2 Å². The maximum absolute atomic E-state index is 4.37. The number of nitrogens with one attached hydrogen (secondary N) is 1. The van der Waals surface area contributed by atoms with Crippen LogP contribution in [0.3, 0.4) is 0 Å². The van der Waals surface area contributed by atoms with Gasteiger partial charge in [-0.1, -0.05) is 6.92 Å². The number of hydrogen-bond donors (Lipinski definition) is 1. The Labute approximate surface area is 108 Å². The molecule has 96 valence electrons. The first-order chi connectivity index (χ1) is 8.70. The highest BCUT2D eigenvalue weighted by atomic mass is 15.2. The van der Waals surface area contributed by atoms with Gasteiger partial charge in [-0.2, -0.15) is 5.10 Å². The van der Waals surface area contributed by atoms with Gasteiger partial charge >= 0.3 is 0 Å². The molecule has 0 unspecified atom stereocenters. The highest BCUT2D eigenvalue weighted by Gasteiger charge is 2.06. The fourth-order valence-corrected chi connectivity index (χ4v) is 2.02. The minimum absolute atomic E-state index is 0.869. The number of rotatable bonds is 5. The molecule has 0 saturated heterocycles. The second-order valence-electron chi connectivity index (χ2n) is 4.56. The molecule has 18 heavy (non-hydrogen) atoms. The summed E-state index contributed by atoms with van der Waals surface area (Å²) in [4.78, 5) is 4.31. The third-order valence-electron chi connectivity index (χ3n) is 2.88. The summed E-state index contributed by atoms with van der Waals surface area (Å²) in [6.45, 7) is 6.10. The normalized spacial score (nSPS) is 10.8. The molecular formula is C14H20N4. The zero-order valence-electron chi connectivity index (χ0n) is 11.3. The van der Waals surface area contributed by atoms with Crippen LogP contribution in [0, 0.1) is 6.92 Å². The summed E-state index contributed by atoms with van der Waals surface area (Å²) >= 11 is 0. The maximum Gasteiger partial charge on any atom is 0.0672 e. The summed E-state index contributed by atoms with van der Waals surface area (Å²) in [5.41, 5.74) is 4.54. The molecule has 2 aromatic rings. The van der Waals surface area contributed by atoms with Crippen molar-refractivity contribution in [2.24, 2.45) is 7.05 Å². The smallest absolute Gasteiger partial charge is 0.0672 e. The Bertz CT molecular complexity index is 516. The van der Waals surface area contributed by atoms with E-state index in [0.717, 1.165) is 36.3 Å². The van der Waals surface area contributed by atoms with E-state index in [2.05, 4.69) is 28.4 Å². The molecule has 1 N–H and O–H groups in total. The molecular weight excluding hydrogens is 224 g/mol. The lowest BCUT2D eigenvalue weighted by Gasteiger charge is -2.05. The van der Waals surface area contributed by atoms with E-state index in [1.54, 1.807) is 0 Å². The molecule has 2 heterocycles. The van der Waals surface area contributed by atoms with Crippen molar-refractivity contribution in [2.45, 2.75) is 26.8 Å². The van der Waals surface area contributed by atoms with Crippen LogP contribution in [0.15, 0.2) is 24.7 Å². The van der Waals surface area contributed by atoms with Crippen molar-refractivity contribution in [3.05, 3.63) is 35.9 Å². The van der Waals surface area contributed by atoms with Crippen LogP contribution < -0.4 is 5.32 Å². The van der Waals surface area contributed by atoms with E-state index in [4.69, 9.17) is 0 Å². The number of aryl methyl sites for hydroxylation is 2. The Morgan fingerprint density at radius 2 is 2.17 bits per heavy atom. The first-order valence-electron chi connectivity index (χ1n) is 6.36. The van der Waals surface area contributed by atoms with Crippen molar-refractivity contribution >= 4 is 0 Å². The third-order valence-corrected chi connectivity index (χ3v) is 2.88. The molecule has 0 spiro atoms. The SMILES string of the molecule is CCCNCc1cncc(-c2cn(C)nc2C)c1. The fraction of sp³-hybridized carbons (Fsp3) is 0.429. The third kappa shape index (κ3) is 2.96. The quantitative estimate of drug-likeness (QED) is 0.821. The van der Waals surface area contributed by atoms with Gasteiger partial charge in [0.15, 0.2) is 0 Å². The van der Waals surface area contributed by atoms with Gasteiger partial charge in [-0.05, 0) is 31.5 Å². The van der Waals surface area contributed by atoms with Gasteiger partial charge in [0.05, 0.1) is 5.69 Å². The summed E-state index contributed by atoms with van der Waals surface area (Å²) < 4.78 is 1.84. The van der Waals surface area contributed by atoms with Gasteiger partial charge in [0, 0.05) is 43.3 Å². The summed E-state index contributed by atoms with van der Waals surface area (Å²) in [7, 11) is 1.94. The number of pyridine rings is 1. The largest absolute Gasteiger partial charge is 0.313 e. The molecule has 0 fully saturated rings. The molecule has 0 aliphatic heterocycles. The van der Waals surface area contributed by atoms with Crippen molar-refractivity contribution < 1.29 is 0 Å². The second-order valence-corrected chi connectivity index (χ2v) is 4.56.